The number of carbonyl (C=O) groups excluding carboxylic acids is 2. The van der Waals surface area contributed by atoms with Crippen LogP contribution >= 0.6 is 15.9 Å². The van der Waals surface area contributed by atoms with Crippen LogP contribution in [0.5, 0.6) is 0 Å². The molecule has 1 atom stereocenters. The van der Waals surface area contributed by atoms with Gasteiger partial charge in [-0.15, -0.1) is 0 Å². The van der Waals surface area contributed by atoms with Crippen LogP contribution in [0.4, 0.5) is 13.2 Å². The van der Waals surface area contributed by atoms with Crippen LogP contribution in [-0.2, 0) is 20.8 Å². The molecule has 2 aromatic heterocycles. The highest BCUT2D eigenvalue weighted by Crippen LogP contribution is 2.27. The van der Waals surface area contributed by atoms with Gasteiger partial charge in [0.25, 0.3) is 0 Å². The number of aromatic amines is 2. The first-order valence-corrected chi connectivity index (χ1v) is 15.6. The first kappa shape index (κ1) is 34.4. The number of ketones is 1. The number of hydrogen-bond donors (Lipinski definition) is 4. The van der Waals surface area contributed by atoms with Crippen LogP contribution in [0, 0.1) is 0 Å². The van der Waals surface area contributed by atoms with Crippen LogP contribution in [0.3, 0.4) is 0 Å². The highest BCUT2D eigenvalue weighted by atomic mass is 79.9. The molecule has 0 radical (unpaired) electrons. The van der Waals surface area contributed by atoms with Crippen LogP contribution in [0.2, 0.25) is 0 Å². The number of halogens is 4. The Labute approximate surface area is 271 Å². The molecule has 1 amide bonds. The molecule has 0 unspecified atom stereocenters. The lowest BCUT2D eigenvalue weighted by atomic mass is 10.0. The van der Waals surface area contributed by atoms with Gasteiger partial charge in [0.05, 0.1) is 24.4 Å². The van der Waals surface area contributed by atoms with Crippen molar-refractivity contribution in [1.82, 2.24) is 20.3 Å². The van der Waals surface area contributed by atoms with Crippen molar-refractivity contribution in [2.45, 2.75) is 64.1 Å². The maximum absolute atomic E-state index is 13.2. The molecule has 0 aliphatic rings. The summed E-state index contributed by atoms with van der Waals surface area (Å²) in [4.78, 5) is 45.2. The molecule has 12 heteroatoms. The lowest BCUT2D eigenvalue weighted by molar-refractivity contribution is -0.192. The summed E-state index contributed by atoms with van der Waals surface area (Å²) in [6, 6.07) is 20.4. The quantitative estimate of drug-likeness (QED) is 0.0973. The topological polar surface area (TPSA) is 128 Å². The zero-order valence-electron chi connectivity index (χ0n) is 25.1. The summed E-state index contributed by atoms with van der Waals surface area (Å²) in [5.41, 5.74) is 3.94. The van der Waals surface area contributed by atoms with E-state index in [2.05, 4.69) is 66.5 Å². The number of benzene rings is 3. The van der Waals surface area contributed by atoms with Gasteiger partial charge < -0.3 is 20.4 Å². The second-order valence-electron chi connectivity index (χ2n) is 10.8. The maximum Gasteiger partial charge on any atom is 0.490 e. The number of hydrogen-bond acceptors (Lipinski definition) is 4. The average molecular weight is 700 g/mol. The summed E-state index contributed by atoms with van der Waals surface area (Å²) in [6.45, 7) is 1.91. The van der Waals surface area contributed by atoms with Crippen molar-refractivity contribution in [1.29, 1.82) is 0 Å². The zero-order valence-corrected chi connectivity index (χ0v) is 26.7. The van der Waals surface area contributed by atoms with E-state index >= 15 is 0 Å². The van der Waals surface area contributed by atoms with E-state index in [9.17, 15) is 22.8 Å². The summed E-state index contributed by atoms with van der Waals surface area (Å²) in [5, 5.41) is 13.8. The number of Topliss-reactive ketones (excluding diaryl/α,β-unsaturated/α-hetero) is 1. The Balaban J connectivity index is 0.000000617. The standard InChI is InChI=1S/C32H33BrN4O2.C2HF3O2/c1-2-26(38)10-4-3-5-11-29(36-31(39)17-24-19-34-28-15-14-25(33)18-27(24)28)32-35-20-30(37-32)23-13-12-21-8-6-7-9-22(21)16-23;3-2(4,5)1(6)7/h6-9,12-16,18-20,29,34H,2-5,10-11,17H2,1H3,(H,35,37)(H,36,39);(H,6,7)/t29-;/m0./s1. The molecule has 2 heterocycles. The van der Waals surface area contributed by atoms with Gasteiger partial charge in [0.1, 0.15) is 11.6 Å². The van der Waals surface area contributed by atoms with Gasteiger partial charge in [-0.1, -0.05) is 72.1 Å². The fraction of sp³-hybridized carbons (Fsp3) is 0.294. The Morgan fingerprint density at radius 2 is 1.74 bits per heavy atom. The second-order valence-corrected chi connectivity index (χ2v) is 11.8. The van der Waals surface area contributed by atoms with Gasteiger partial charge in [-0.25, -0.2) is 9.78 Å². The molecule has 3 aromatic carbocycles. The number of carboxylic acids is 1. The first-order valence-electron chi connectivity index (χ1n) is 14.9. The number of H-pyrrole nitrogens is 2. The molecule has 0 saturated heterocycles. The SMILES string of the molecule is CCC(=O)CCCCC[C@H](NC(=O)Cc1c[nH]c2ccc(Br)cc12)c1ncc(-c2ccc3ccccc3c2)[nH]1.O=C(O)C(F)(F)F. The number of nitrogens with one attached hydrogen (secondary N) is 3. The van der Waals surface area contributed by atoms with Crippen molar-refractivity contribution in [3.05, 3.63) is 88.9 Å². The van der Waals surface area contributed by atoms with E-state index in [0.717, 1.165) is 63.7 Å². The zero-order chi connectivity index (χ0) is 33.3. The van der Waals surface area contributed by atoms with E-state index in [1.54, 1.807) is 0 Å². The minimum Gasteiger partial charge on any atom is -0.475 e. The number of carboxylic acid groups (broad SMARTS) is 1. The van der Waals surface area contributed by atoms with Crippen LogP contribution in [-0.4, -0.2) is 43.9 Å². The molecule has 4 N–H and O–H groups in total. The Bertz CT molecular complexity index is 1820. The molecule has 8 nitrogen and oxygen atoms in total. The van der Waals surface area contributed by atoms with Gasteiger partial charge in [0.15, 0.2) is 0 Å². The Morgan fingerprint density at radius 3 is 2.46 bits per heavy atom. The molecule has 0 aliphatic heterocycles. The summed E-state index contributed by atoms with van der Waals surface area (Å²) >= 11 is 3.53. The Kier molecular flexibility index (Phi) is 11.8. The van der Waals surface area contributed by atoms with Crippen LogP contribution < -0.4 is 5.32 Å². The molecule has 0 saturated carbocycles. The molecule has 0 bridgehead atoms. The van der Waals surface area contributed by atoms with Gasteiger partial charge in [0, 0.05) is 40.0 Å². The average Bonchev–Trinajstić information content (AvgIpc) is 3.67. The number of fused-ring (bicyclic) bond motifs is 2. The highest BCUT2D eigenvalue weighted by molar-refractivity contribution is 9.10. The van der Waals surface area contributed by atoms with E-state index in [4.69, 9.17) is 9.90 Å². The third kappa shape index (κ3) is 9.53. The number of carbonyl (C=O) groups is 3. The van der Waals surface area contributed by atoms with E-state index in [1.165, 1.54) is 10.8 Å². The second kappa shape index (κ2) is 15.7. The number of amides is 1. The minimum absolute atomic E-state index is 0.0503. The van der Waals surface area contributed by atoms with Gasteiger partial charge in [-0.05, 0) is 53.4 Å². The molecule has 5 aromatic rings. The number of aromatic nitrogens is 3. The Hall–Kier alpha value is -4.45. The normalized spacial score (nSPS) is 12.0. The van der Waals surface area contributed by atoms with Crippen molar-refractivity contribution in [2.24, 2.45) is 0 Å². The monoisotopic (exact) mass is 698 g/mol. The van der Waals surface area contributed by atoms with Gasteiger partial charge >= 0.3 is 12.1 Å². The lowest BCUT2D eigenvalue weighted by Gasteiger charge is -2.17. The van der Waals surface area contributed by atoms with Crippen molar-refractivity contribution in [3.63, 3.8) is 0 Å². The van der Waals surface area contributed by atoms with Crippen molar-refractivity contribution >= 4 is 55.3 Å². The van der Waals surface area contributed by atoms with E-state index in [1.807, 2.05) is 49.6 Å². The van der Waals surface area contributed by atoms with Crippen LogP contribution in [0.25, 0.3) is 32.9 Å². The minimum atomic E-state index is -5.08. The predicted molar refractivity (Wildman–Crippen MR) is 174 cm³/mol. The van der Waals surface area contributed by atoms with Crippen LogP contribution in [0.15, 0.2) is 77.5 Å². The fourth-order valence-electron chi connectivity index (χ4n) is 5.03. The first-order chi connectivity index (χ1) is 21.9. The molecule has 5 rings (SSSR count). The van der Waals surface area contributed by atoms with Gasteiger partial charge in [-0.2, -0.15) is 13.2 Å². The van der Waals surface area contributed by atoms with Crippen molar-refractivity contribution < 1.29 is 32.7 Å². The third-order valence-corrected chi connectivity index (χ3v) is 7.98. The number of nitrogens with zero attached hydrogens (tertiary/aromatic N) is 1. The maximum atomic E-state index is 13.2. The van der Waals surface area contributed by atoms with Gasteiger partial charge in [0.2, 0.25) is 5.91 Å². The lowest BCUT2D eigenvalue weighted by Crippen LogP contribution is -2.30. The smallest absolute Gasteiger partial charge is 0.475 e. The number of rotatable bonds is 12. The molecule has 0 fully saturated rings. The predicted octanol–water partition coefficient (Wildman–Crippen LogP) is 8.44. The van der Waals surface area contributed by atoms with Crippen molar-refractivity contribution in [3.8, 4) is 11.3 Å². The van der Waals surface area contributed by atoms with Crippen LogP contribution in [0.1, 0.15) is 62.9 Å². The van der Waals surface area contributed by atoms with E-state index < -0.39 is 12.1 Å². The molecular formula is C34H34BrF3N4O4. The third-order valence-electron chi connectivity index (χ3n) is 7.49. The number of alkyl halides is 3. The summed E-state index contributed by atoms with van der Waals surface area (Å²) < 4.78 is 32.7. The largest absolute Gasteiger partial charge is 0.490 e. The molecule has 0 aliphatic carbocycles. The summed E-state index contributed by atoms with van der Waals surface area (Å²) in [5.74, 6) is -1.76. The van der Waals surface area contributed by atoms with E-state index in [0.29, 0.717) is 18.6 Å². The molecule has 46 heavy (non-hydrogen) atoms. The molecular weight excluding hydrogens is 665 g/mol. The summed E-state index contributed by atoms with van der Waals surface area (Å²) in [7, 11) is 0. The van der Waals surface area contributed by atoms with E-state index in [-0.39, 0.29) is 18.4 Å². The summed E-state index contributed by atoms with van der Waals surface area (Å²) in [6.07, 6.45) is 3.60. The number of unbranched alkanes of at least 4 members (excludes halogenated alkanes) is 2. The van der Waals surface area contributed by atoms with Gasteiger partial charge in [-0.3, -0.25) is 9.59 Å². The van der Waals surface area contributed by atoms with Crippen molar-refractivity contribution in [2.75, 3.05) is 0 Å². The fourth-order valence-corrected chi connectivity index (χ4v) is 5.40. The molecule has 242 valence electrons. The molecule has 0 spiro atoms. The Morgan fingerprint density at radius 1 is 1.00 bits per heavy atom. The number of aliphatic carboxylic acids is 1. The highest BCUT2D eigenvalue weighted by Gasteiger charge is 2.38. The number of imidazole rings is 1.